The standard InChI is InChI=1S/C30H36N2O3/c1-5-16-31-30(34)28(19-24-10-7-6-8-11-24)32(21-25-12-9-13-27(18-25)35-4)29(33)20-26-17-22(2)14-15-23(26)3/h6-15,17-18,28H,5,16,19-21H2,1-4H3,(H,31,34). The van der Waals surface area contributed by atoms with E-state index < -0.39 is 6.04 Å². The molecule has 5 heteroatoms. The second kappa shape index (κ2) is 12.7. The number of aryl methyl sites for hydroxylation is 2. The van der Waals surface area contributed by atoms with Crippen LogP contribution in [0.25, 0.3) is 0 Å². The Hall–Kier alpha value is -3.60. The molecule has 1 unspecified atom stereocenters. The fourth-order valence-electron chi connectivity index (χ4n) is 4.14. The number of benzene rings is 3. The van der Waals surface area contributed by atoms with Gasteiger partial charge in [0.15, 0.2) is 0 Å². The van der Waals surface area contributed by atoms with Crippen molar-refractivity contribution in [3.63, 3.8) is 0 Å². The van der Waals surface area contributed by atoms with Gasteiger partial charge in [-0.2, -0.15) is 0 Å². The van der Waals surface area contributed by atoms with Gasteiger partial charge >= 0.3 is 0 Å². The lowest BCUT2D eigenvalue weighted by Crippen LogP contribution is -2.51. The molecule has 0 spiro atoms. The van der Waals surface area contributed by atoms with E-state index in [-0.39, 0.29) is 18.2 Å². The van der Waals surface area contributed by atoms with Crippen LogP contribution in [0.3, 0.4) is 0 Å². The average molecular weight is 473 g/mol. The summed E-state index contributed by atoms with van der Waals surface area (Å²) in [6, 6.07) is 23.0. The van der Waals surface area contributed by atoms with Crippen molar-refractivity contribution in [1.82, 2.24) is 10.2 Å². The summed E-state index contributed by atoms with van der Waals surface area (Å²) in [7, 11) is 1.62. The maximum absolute atomic E-state index is 13.9. The van der Waals surface area contributed by atoms with Crippen molar-refractivity contribution in [2.75, 3.05) is 13.7 Å². The number of amides is 2. The number of methoxy groups -OCH3 is 1. The summed E-state index contributed by atoms with van der Waals surface area (Å²) in [5.74, 6) is 0.515. The molecule has 2 amide bonds. The van der Waals surface area contributed by atoms with E-state index in [1.54, 1.807) is 12.0 Å². The van der Waals surface area contributed by atoms with Crippen LogP contribution in [0.5, 0.6) is 5.75 Å². The molecule has 3 aromatic carbocycles. The van der Waals surface area contributed by atoms with Gasteiger partial charge in [-0.05, 0) is 54.7 Å². The lowest BCUT2D eigenvalue weighted by atomic mass is 9.99. The van der Waals surface area contributed by atoms with Crippen molar-refractivity contribution >= 4 is 11.8 Å². The van der Waals surface area contributed by atoms with E-state index in [9.17, 15) is 9.59 Å². The highest BCUT2D eigenvalue weighted by Crippen LogP contribution is 2.20. The highest BCUT2D eigenvalue weighted by molar-refractivity contribution is 5.89. The molecule has 0 saturated carbocycles. The van der Waals surface area contributed by atoms with E-state index in [2.05, 4.69) is 11.4 Å². The van der Waals surface area contributed by atoms with E-state index in [1.807, 2.05) is 87.5 Å². The Balaban J connectivity index is 1.99. The number of rotatable bonds is 11. The molecule has 35 heavy (non-hydrogen) atoms. The lowest BCUT2D eigenvalue weighted by molar-refractivity contribution is -0.140. The zero-order valence-corrected chi connectivity index (χ0v) is 21.2. The van der Waals surface area contributed by atoms with Gasteiger partial charge in [0.2, 0.25) is 11.8 Å². The molecule has 0 aliphatic carbocycles. The van der Waals surface area contributed by atoms with E-state index >= 15 is 0 Å². The molecular weight excluding hydrogens is 436 g/mol. The Morgan fingerprint density at radius 2 is 1.69 bits per heavy atom. The van der Waals surface area contributed by atoms with Crippen molar-refractivity contribution in [3.05, 3.63) is 101 Å². The number of hydrogen-bond acceptors (Lipinski definition) is 3. The first-order valence-corrected chi connectivity index (χ1v) is 12.2. The zero-order chi connectivity index (χ0) is 25.2. The van der Waals surface area contributed by atoms with E-state index in [0.29, 0.717) is 19.5 Å². The molecule has 3 aromatic rings. The van der Waals surface area contributed by atoms with Gasteiger partial charge in [-0.15, -0.1) is 0 Å². The molecule has 0 aliphatic rings. The summed E-state index contributed by atoms with van der Waals surface area (Å²) >= 11 is 0. The predicted molar refractivity (Wildman–Crippen MR) is 140 cm³/mol. The Bertz CT molecular complexity index is 1130. The average Bonchev–Trinajstić information content (AvgIpc) is 2.87. The Morgan fingerprint density at radius 1 is 0.943 bits per heavy atom. The molecule has 1 N–H and O–H groups in total. The van der Waals surface area contributed by atoms with Crippen LogP contribution in [0.1, 0.15) is 41.2 Å². The van der Waals surface area contributed by atoms with Crippen LogP contribution in [-0.4, -0.2) is 36.4 Å². The second-order valence-corrected chi connectivity index (χ2v) is 8.98. The Kier molecular flexibility index (Phi) is 9.47. The zero-order valence-electron chi connectivity index (χ0n) is 21.2. The van der Waals surface area contributed by atoms with E-state index in [1.165, 1.54) is 0 Å². The second-order valence-electron chi connectivity index (χ2n) is 8.98. The van der Waals surface area contributed by atoms with Gasteiger partial charge in [-0.25, -0.2) is 0 Å². The maximum atomic E-state index is 13.9. The van der Waals surface area contributed by atoms with Crippen molar-refractivity contribution in [2.24, 2.45) is 0 Å². The van der Waals surface area contributed by atoms with Gasteiger partial charge in [0.25, 0.3) is 0 Å². The molecule has 0 radical (unpaired) electrons. The minimum atomic E-state index is -0.632. The molecule has 184 valence electrons. The normalized spacial score (nSPS) is 11.5. The quantitative estimate of drug-likeness (QED) is 0.426. The number of carbonyl (C=O) groups excluding carboxylic acids is 2. The van der Waals surface area contributed by atoms with Crippen LogP contribution in [0, 0.1) is 13.8 Å². The van der Waals surface area contributed by atoms with Crippen molar-refractivity contribution in [1.29, 1.82) is 0 Å². The maximum Gasteiger partial charge on any atom is 0.243 e. The highest BCUT2D eigenvalue weighted by atomic mass is 16.5. The number of ether oxygens (including phenoxy) is 1. The number of nitrogens with one attached hydrogen (secondary N) is 1. The van der Waals surface area contributed by atoms with E-state index in [4.69, 9.17) is 4.74 Å². The SMILES string of the molecule is CCCNC(=O)C(Cc1ccccc1)N(Cc1cccc(OC)c1)C(=O)Cc1cc(C)ccc1C. The topological polar surface area (TPSA) is 58.6 Å². The summed E-state index contributed by atoms with van der Waals surface area (Å²) < 4.78 is 5.40. The summed E-state index contributed by atoms with van der Waals surface area (Å²) in [4.78, 5) is 29.0. The van der Waals surface area contributed by atoms with Crippen LogP contribution in [0.4, 0.5) is 0 Å². The molecule has 0 aromatic heterocycles. The van der Waals surface area contributed by atoms with Crippen LogP contribution in [0.15, 0.2) is 72.8 Å². The first-order chi connectivity index (χ1) is 16.9. The molecular formula is C30H36N2O3. The van der Waals surface area contributed by atoms with Crippen LogP contribution in [0.2, 0.25) is 0 Å². The molecule has 1 atom stereocenters. The van der Waals surface area contributed by atoms with Gasteiger partial charge in [0.1, 0.15) is 11.8 Å². The summed E-state index contributed by atoms with van der Waals surface area (Å²) in [6.07, 6.45) is 1.51. The predicted octanol–water partition coefficient (Wildman–Crippen LogP) is 5.02. The van der Waals surface area contributed by atoms with Crippen LogP contribution in [-0.2, 0) is 29.0 Å². The molecule has 0 heterocycles. The van der Waals surface area contributed by atoms with Crippen molar-refractivity contribution in [3.8, 4) is 5.75 Å². The van der Waals surface area contributed by atoms with Crippen LogP contribution >= 0.6 is 0 Å². The van der Waals surface area contributed by atoms with Gasteiger partial charge in [-0.3, -0.25) is 9.59 Å². The summed E-state index contributed by atoms with van der Waals surface area (Å²) in [5.41, 5.74) is 5.09. The summed E-state index contributed by atoms with van der Waals surface area (Å²) in [5, 5.41) is 3.02. The number of nitrogens with zero attached hydrogens (tertiary/aromatic N) is 1. The van der Waals surface area contributed by atoms with Gasteiger partial charge in [-0.1, -0.05) is 73.2 Å². The molecule has 0 bridgehead atoms. The van der Waals surface area contributed by atoms with Gasteiger partial charge in [0, 0.05) is 19.5 Å². The van der Waals surface area contributed by atoms with Crippen molar-refractivity contribution < 1.29 is 14.3 Å². The number of carbonyl (C=O) groups is 2. The monoisotopic (exact) mass is 472 g/mol. The van der Waals surface area contributed by atoms with Crippen LogP contribution < -0.4 is 10.1 Å². The molecule has 5 nitrogen and oxygen atoms in total. The first-order valence-electron chi connectivity index (χ1n) is 12.2. The summed E-state index contributed by atoms with van der Waals surface area (Å²) in [6.45, 7) is 6.95. The van der Waals surface area contributed by atoms with Gasteiger partial charge in [0.05, 0.1) is 13.5 Å². The fourth-order valence-corrected chi connectivity index (χ4v) is 4.14. The minimum absolute atomic E-state index is 0.0749. The number of hydrogen-bond donors (Lipinski definition) is 1. The molecule has 3 rings (SSSR count). The highest BCUT2D eigenvalue weighted by Gasteiger charge is 2.30. The Labute approximate surface area is 209 Å². The molecule has 0 fully saturated rings. The largest absolute Gasteiger partial charge is 0.497 e. The first kappa shape index (κ1) is 26.0. The Morgan fingerprint density at radius 3 is 2.40 bits per heavy atom. The molecule has 0 aliphatic heterocycles. The third-order valence-electron chi connectivity index (χ3n) is 6.15. The fraction of sp³-hybridized carbons (Fsp3) is 0.333. The van der Waals surface area contributed by atoms with E-state index in [0.717, 1.165) is 40.0 Å². The molecule has 0 saturated heterocycles. The van der Waals surface area contributed by atoms with Crippen molar-refractivity contribution in [2.45, 2.75) is 52.6 Å². The third kappa shape index (κ3) is 7.44. The smallest absolute Gasteiger partial charge is 0.243 e. The third-order valence-corrected chi connectivity index (χ3v) is 6.15. The van der Waals surface area contributed by atoms with Gasteiger partial charge < -0.3 is 15.0 Å². The lowest BCUT2D eigenvalue weighted by Gasteiger charge is -2.32. The minimum Gasteiger partial charge on any atom is -0.497 e.